The predicted octanol–water partition coefficient (Wildman–Crippen LogP) is 4.54. The molecule has 26 heavy (non-hydrogen) atoms. The molecule has 0 aromatic heterocycles. The van der Waals surface area contributed by atoms with Gasteiger partial charge in [-0.25, -0.2) is 4.99 Å². The largest absolute Gasteiger partial charge is 0.494 e. The fraction of sp³-hybridized carbons (Fsp3) is 0.250. The van der Waals surface area contributed by atoms with Gasteiger partial charge in [-0.1, -0.05) is 42.5 Å². The van der Waals surface area contributed by atoms with Crippen LogP contribution in [-0.2, 0) is 0 Å². The Kier molecular flexibility index (Phi) is 10.2. The Morgan fingerprint density at radius 2 is 1.81 bits per heavy atom. The van der Waals surface area contributed by atoms with E-state index in [2.05, 4.69) is 10.3 Å². The van der Waals surface area contributed by atoms with Crippen LogP contribution in [0.5, 0.6) is 11.5 Å². The van der Waals surface area contributed by atoms with Gasteiger partial charge in [-0.2, -0.15) is 0 Å². The fourth-order valence-corrected chi connectivity index (χ4v) is 2.23. The summed E-state index contributed by atoms with van der Waals surface area (Å²) in [7, 11) is 0. The Morgan fingerprint density at radius 3 is 2.50 bits per heavy atom. The van der Waals surface area contributed by atoms with Crippen molar-refractivity contribution in [1.82, 2.24) is 0 Å². The number of hydrogen-bond acceptors (Lipinski definition) is 3. The monoisotopic (exact) mass is 467 g/mol. The second-order valence-corrected chi connectivity index (χ2v) is 5.19. The van der Waals surface area contributed by atoms with Crippen LogP contribution in [0.4, 0.5) is 5.69 Å². The molecule has 0 heterocycles. The molecule has 0 aliphatic carbocycles. The van der Waals surface area contributed by atoms with Crippen molar-refractivity contribution in [2.45, 2.75) is 13.8 Å². The first-order valence-electron chi connectivity index (χ1n) is 8.41. The van der Waals surface area contributed by atoms with Crippen molar-refractivity contribution in [1.29, 1.82) is 0 Å². The number of ether oxygens (including phenoxy) is 2. The highest BCUT2D eigenvalue weighted by Crippen LogP contribution is 2.29. The van der Waals surface area contributed by atoms with E-state index >= 15 is 0 Å². The number of guanidine groups is 1. The second kappa shape index (κ2) is 12.2. The quantitative estimate of drug-likeness (QED) is 0.340. The average molecular weight is 467 g/mol. The summed E-state index contributed by atoms with van der Waals surface area (Å²) in [5, 5.41) is 3.08. The minimum Gasteiger partial charge on any atom is -0.494 e. The van der Waals surface area contributed by atoms with Gasteiger partial charge in [0.2, 0.25) is 0 Å². The van der Waals surface area contributed by atoms with E-state index in [1.807, 2.05) is 74.5 Å². The van der Waals surface area contributed by atoms with Crippen LogP contribution in [0.3, 0.4) is 0 Å². The lowest BCUT2D eigenvalue weighted by molar-refractivity contribution is 0.332. The van der Waals surface area contributed by atoms with Crippen LogP contribution in [-0.4, -0.2) is 25.7 Å². The second-order valence-electron chi connectivity index (χ2n) is 5.19. The topological polar surface area (TPSA) is 68.9 Å². The summed E-state index contributed by atoms with van der Waals surface area (Å²) >= 11 is 0. The zero-order chi connectivity index (χ0) is 17.9. The molecule has 140 valence electrons. The Balaban J connectivity index is 0.00000338. The lowest BCUT2D eigenvalue weighted by Crippen LogP contribution is -2.23. The Labute approximate surface area is 172 Å². The molecule has 0 spiro atoms. The number of benzene rings is 2. The maximum Gasteiger partial charge on any atom is 0.193 e. The maximum atomic E-state index is 5.98. The summed E-state index contributed by atoms with van der Waals surface area (Å²) in [6, 6.07) is 15.7. The van der Waals surface area contributed by atoms with E-state index in [0.717, 1.165) is 17.0 Å². The van der Waals surface area contributed by atoms with Crippen molar-refractivity contribution < 1.29 is 9.47 Å². The fourth-order valence-electron chi connectivity index (χ4n) is 2.23. The molecule has 3 N–H and O–H groups in total. The van der Waals surface area contributed by atoms with E-state index in [0.29, 0.717) is 31.5 Å². The SMILES string of the molecule is CCOc1ccc(OCC)c(NC(N)=NCC=Cc2ccccc2)c1.I. The number of halogens is 1. The van der Waals surface area contributed by atoms with Crippen molar-refractivity contribution in [3.63, 3.8) is 0 Å². The van der Waals surface area contributed by atoms with E-state index in [-0.39, 0.29) is 24.0 Å². The van der Waals surface area contributed by atoms with Crippen LogP contribution in [0.2, 0.25) is 0 Å². The predicted molar refractivity (Wildman–Crippen MR) is 120 cm³/mol. The number of nitrogens with two attached hydrogens (primary N) is 1. The van der Waals surface area contributed by atoms with Crippen molar-refractivity contribution in [2.24, 2.45) is 10.7 Å². The first-order valence-corrected chi connectivity index (χ1v) is 8.41. The van der Waals surface area contributed by atoms with Gasteiger partial charge in [-0.3, -0.25) is 0 Å². The lowest BCUT2D eigenvalue weighted by atomic mass is 10.2. The first-order chi connectivity index (χ1) is 12.2. The van der Waals surface area contributed by atoms with Crippen molar-refractivity contribution in [2.75, 3.05) is 25.1 Å². The molecule has 0 saturated heterocycles. The summed E-state index contributed by atoms with van der Waals surface area (Å²) in [5.41, 5.74) is 7.85. The van der Waals surface area contributed by atoms with Crippen LogP contribution in [0, 0.1) is 0 Å². The Bertz CT molecular complexity index is 718. The molecule has 2 rings (SSSR count). The third kappa shape index (κ3) is 7.35. The minimum atomic E-state index is 0. The maximum absolute atomic E-state index is 5.98. The first kappa shape index (κ1) is 21.8. The standard InChI is InChI=1S/C20H25N3O2.HI/c1-3-24-17-12-13-19(25-4-2)18(15-17)23-20(21)22-14-8-11-16-9-6-5-7-10-16;/h5-13,15H,3-4,14H2,1-2H3,(H3,21,22,23);1H. The molecule has 5 nitrogen and oxygen atoms in total. The third-order valence-electron chi connectivity index (χ3n) is 3.30. The molecule has 0 fully saturated rings. The van der Waals surface area contributed by atoms with E-state index < -0.39 is 0 Å². The van der Waals surface area contributed by atoms with Crippen molar-refractivity contribution >= 4 is 41.7 Å². The number of aliphatic imine (C=N–C) groups is 1. The summed E-state index contributed by atoms with van der Waals surface area (Å²) in [5.74, 6) is 1.79. The van der Waals surface area contributed by atoms with Gasteiger partial charge >= 0.3 is 0 Å². The normalized spacial score (nSPS) is 11.1. The molecule has 6 heteroatoms. The highest BCUT2D eigenvalue weighted by Gasteiger charge is 2.06. The van der Waals surface area contributed by atoms with E-state index in [1.165, 1.54) is 0 Å². The van der Waals surface area contributed by atoms with Gasteiger partial charge in [-0.15, -0.1) is 24.0 Å². The van der Waals surface area contributed by atoms with Gasteiger partial charge in [0, 0.05) is 6.07 Å². The van der Waals surface area contributed by atoms with Crippen molar-refractivity contribution in [3.05, 3.63) is 60.2 Å². The molecule has 2 aromatic rings. The molecule has 0 radical (unpaired) electrons. The number of hydrogen-bond donors (Lipinski definition) is 2. The van der Waals surface area contributed by atoms with E-state index in [9.17, 15) is 0 Å². The van der Waals surface area contributed by atoms with E-state index in [1.54, 1.807) is 0 Å². The van der Waals surface area contributed by atoms with Gasteiger partial charge in [-0.05, 0) is 31.5 Å². The van der Waals surface area contributed by atoms with Crippen LogP contribution < -0.4 is 20.5 Å². The van der Waals surface area contributed by atoms with Gasteiger partial charge in [0.25, 0.3) is 0 Å². The van der Waals surface area contributed by atoms with E-state index in [4.69, 9.17) is 15.2 Å². The highest BCUT2D eigenvalue weighted by atomic mass is 127. The molecule has 0 saturated carbocycles. The zero-order valence-electron chi connectivity index (χ0n) is 15.1. The molecule has 0 amide bonds. The molecule has 0 atom stereocenters. The molecule has 0 aliphatic rings. The molecular weight excluding hydrogens is 441 g/mol. The Hall–Kier alpha value is -2.22. The number of nitrogens with one attached hydrogen (secondary N) is 1. The average Bonchev–Trinajstić information content (AvgIpc) is 2.62. The number of rotatable bonds is 8. The van der Waals surface area contributed by atoms with Crippen molar-refractivity contribution in [3.8, 4) is 11.5 Å². The molecule has 0 unspecified atom stereocenters. The Morgan fingerprint density at radius 1 is 1.08 bits per heavy atom. The summed E-state index contributed by atoms with van der Waals surface area (Å²) in [6.45, 7) is 5.54. The summed E-state index contributed by atoms with van der Waals surface area (Å²) in [6.07, 6.45) is 3.97. The molecular formula is C20H26IN3O2. The highest BCUT2D eigenvalue weighted by molar-refractivity contribution is 14.0. The van der Waals surface area contributed by atoms with Crippen LogP contribution in [0.1, 0.15) is 19.4 Å². The molecule has 2 aromatic carbocycles. The lowest BCUT2D eigenvalue weighted by Gasteiger charge is -2.13. The van der Waals surface area contributed by atoms with Gasteiger partial charge in [0.15, 0.2) is 5.96 Å². The van der Waals surface area contributed by atoms with Gasteiger partial charge < -0.3 is 20.5 Å². The zero-order valence-corrected chi connectivity index (χ0v) is 17.5. The molecule has 0 aliphatic heterocycles. The van der Waals surface area contributed by atoms with Crippen LogP contribution in [0.25, 0.3) is 6.08 Å². The van der Waals surface area contributed by atoms with Gasteiger partial charge in [0.1, 0.15) is 11.5 Å². The van der Waals surface area contributed by atoms with Crippen LogP contribution in [0.15, 0.2) is 59.6 Å². The minimum absolute atomic E-state index is 0. The number of anilines is 1. The smallest absolute Gasteiger partial charge is 0.193 e. The third-order valence-corrected chi connectivity index (χ3v) is 3.30. The summed E-state index contributed by atoms with van der Waals surface area (Å²) in [4.78, 5) is 4.31. The van der Waals surface area contributed by atoms with Gasteiger partial charge in [0.05, 0.1) is 25.4 Å². The summed E-state index contributed by atoms with van der Waals surface area (Å²) < 4.78 is 11.1. The molecule has 0 bridgehead atoms. The van der Waals surface area contributed by atoms with Crippen LogP contribution >= 0.6 is 24.0 Å². The number of nitrogens with zero attached hydrogens (tertiary/aromatic N) is 1.